The third kappa shape index (κ3) is 9.99. The summed E-state index contributed by atoms with van der Waals surface area (Å²) in [6.45, 7) is 8.48. The number of esters is 1. The lowest BCUT2D eigenvalue weighted by molar-refractivity contribution is -0.146. The van der Waals surface area contributed by atoms with Gasteiger partial charge in [-0.05, 0) is 43.4 Å². The van der Waals surface area contributed by atoms with E-state index in [1.807, 2.05) is 6.92 Å². The van der Waals surface area contributed by atoms with Crippen LogP contribution < -0.4 is 5.73 Å². The zero-order chi connectivity index (χ0) is 31.2. The highest BCUT2D eigenvalue weighted by molar-refractivity contribution is 6.39. The largest absolute Gasteiger partial charge is 0.466 e. The zero-order valence-electron chi connectivity index (χ0n) is 23.9. The second kappa shape index (κ2) is 14.0. The summed E-state index contributed by atoms with van der Waals surface area (Å²) in [6, 6.07) is -0.739. The van der Waals surface area contributed by atoms with Gasteiger partial charge < -0.3 is 15.4 Å². The van der Waals surface area contributed by atoms with Gasteiger partial charge in [-0.25, -0.2) is 0 Å². The third-order valence-corrected chi connectivity index (χ3v) is 7.26. The van der Waals surface area contributed by atoms with E-state index in [2.05, 4.69) is 9.98 Å². The van der Waals surface area contributed by atoms with E-state index in [1.165, 1.54) is 12.4 Å². The Hall–Kier alpha value is -2.66. The van der Waals surface area contributed by atoms with Crippen LogP contribution in [0.5, 0.6) is 0 Å². The van der Waals surface area contributed by atoms with E-state index in [-0.39, 0.29) is 54.0 Å². The summed E-state index contributed by atoms with van der Waals surface area (Å²) in [5.74, 6) is -2.12. The van der Waals surface area contributed by atoms with Gasteiger partial charge in [-0.3, -0.25) is 24.4 Å². The van der Waals surface area contributed by atoms with Crippen molar-refractivity contribution >= 4 is 46.6 Å². The van der Waals surface area contributed by atoms with Crippen molar-refractivity contribution in [3.05, 3.63) is 39.8 Å². The Morgan fingerprint density at radius 1 is 1.17 bits per heavy atom. The number of alkyl halides is 3. The number of pyridine rings is 1. The van der Waals surface area contributed by atoms with Crippen molar-refractivity contribution in [3.8, 4) is 0 Å². The first-order valence-corrected chi connectivity index (χ1v) is 14.0. The number of Topliss-reactive ketones (excluding diaryl/α,β-unsaturated/α-hetero) is 1. The van der Waals surface area contributed by atoms with Crippen LogP contribution in [0.4, 0.5) is 13.2 Å². The number of aromatic nitrogens is 1. The summed E-state index contributed by atoms with van der Waals surface area (Å²) >= 11 is 12.2. The molecule has 1 heterocycles. The maximum atomic E-state index is 14.3. The Morgan fingerprint density at radius 3 is 2.20 bits per heavy atom. The molecule has 0 bridgehead atoms. The predicted octanol–water partition coefficient (Wildman–Crippen LogP) is 6.19. The molecular weight excluding hydrogens is 584 g/mol. The molecule has 41 heavy (non-hydrogen) atoms. The number of amides is 1. The van der Waals surface area contributed by atoms with Gasteiger partial charge in [-0.1, -0.05) is 50.9 Å². The summed E-state index contributed by atoms with van der Waals surface area (Å²) < 4.78 is 48.1. The molecule has 0 aliphatic heterocycles. The SMILES string of the molecule is CCOC(=O)CC1(C)CCC(N=C(C(=CN)C(=O)N(CC(=O)c2c(Cl)cncc2Cl)CC(C)(C)C)C(F)(F)F)CC1. The molecule has 0 spiro atoms. The highest BCUT2D eigenvalue weighted by atomic mass is 35.5. The molecule has 1 saturated carbocycles. The molecular formula is C28H37Cl2F3N4O4. The van der Waals surface area contributed by atoms with E-state index >= 15 is 0 Å². The average Bonchev–Trinajstić information content (AvgIpc) is 2.83. The lowest BCUT2D eigenvalue weighted by Gasteiger charge is -2.36. The predicted molar refractivity (Wildman–Crippen MR) is 152 cm³/mol. The van der Waals surface area contributed by atoms with E-state index in [0.29, 0.717) is 19.0 Å². The topological polar surface area (TPSA) is 115 Å². The molecule has 1 aliphatic rings. The number of carbonyl (C=O) groups is 3. The van der Waals surface area contributed by atoms with Crippen LogP contribution in [0.25, 0.3) is 0 Å². The molecule has 1 aromatic rings. The van der Waals surface area contributed by atoms with Crippen LogP contribution in [0.3, 0.4) is 0 Å². The quantitative estimate of drug-likeness (QED) is 0.144. The van der Waals surface area contributed by atoms with Crippen LogP contribution in [0.2, 0.25) is 10.0 Å². The van der Waals surface area contributed by atoms with Gasteiger partial charge in [0.15, 0.2) is 11.5 Å². The van der Waals surface area contributed by atoms with Gasteiger partial charge in [0.1, 0.15) is 0 Å². The van der Waals surface area contributed by atoms with Gasteiger partial charge in [-0.15, -0.1) is 0 Å². The van der Waals surface area contributed by atoms with Crippen molar-refractivity contribution in [2.24, 2.45) is 21.6 Å². The van der Waals surface area contributed by atoms with Crippen LogP contribution >= 0.6 is 23.2 Å². The zero-order valence-corrected chi connectivity index (χ0v) is 25.4. The maximum absolute atomic E-state index is 14.3. The smallest absolute Gasteiger partial charge is 0.433 e. The van der Waals surface area contributed by atoms with Crippen molar-refractivity contribution in [1.29, 1.82) is 0 Å². The van der Waals surface area contributed by atoms with E-state index in [9.17, 15) is 27.6 Å². The summed E-state index contributed by atoms with van der Waals surface area (Å²) in [6.07, 6.45) is -0.364. The number of hydrogen-bond donors (Lipinski definition) is 1. The normalized spacial score (nSPS) is 20.5. The molecule has 1 aromatic heterocycles. The van der Waals surface area contributed by atoms with Gasteiger partial charge in [-0.2, -0.15) is 13.2 Å². The molecule has 0 unspecified atom stereocenters. The highest BCUT2D eigenvalue weighted by Crippen LogP contribution is 2.41. The van der Waals surface area contributed by atoms with Crippen molar-refractivity contribution in [1.82, 2.24) is 9.88 Å². The monoisotopic (exact) mass is 620 g/mol. The summed E-state index contributed by atoms with van der Waals surface area (Å²) in [4.78, 5) is 47.5. The number of nitrogens with two attached hydrogens (primary N) is 1. The molecule has 13 heteroatoms. The first kappa shape index (κ1) is 34.5. The first-order valence-electron chi connectivity index (χ1n) is 13.2. The van der Waals surface area contributed by atoms with Crippen LogP contribution in [0, 0.1) is 10.8 Å². The first-order chi connectivity index (χ1) is 18.9. The van der Waals surface area contributed by atoms with E-state index in [4.69, 9.17) is 33.7 Å². The molecule has 0 aromatic carbocycles. The maximum Gasteiger partial charge on any atom is 0.433 e. The molecule has 0 saturated heterocycles. The third-order valence-electron chi connectivity index (χ3n) is 6.69. The van der Waals surface area contributed by atoms with Gasteiger partial charge in [0, 0.05) is 25.1 Å². The molecule has 1 amide bonds. The number of hydrogen-bond acceptors (Lipinski definition) is 7. The fourth-order valence-corrected chi connectivity index (χ4v) is 5.34. The van der Waals surface area contributed by atoms with E-state index in [1.54, 1.807) is 27.7 Å². The van der Waals surface area contributed by atoms with Crippen molar-refractivity contribution in [3.63, 3.8) is 0 Å². The molecule has 0 atom stereocenters. The summed E-state index contributed by atoms with van der Waals surface area (Å²) in [5.41, 5.74) is 2.25. The standard InChI is InChI=1S/C28H37Cl2F3N4O4/c1-6-41-22(39)11-27(5)9-7-17(8-10-27)36-24(28(31,32)33)18(12-34)25(40)37(16-26(2,3)4)15-21(38)23-19(29)13-35-14-20(23)30/h12-14,17H,6-11,15-16,34H2,1-5H3. The van der Waals surface area contributed by atoms with Gasteiger partial charge >= 0.3 is 12.1 Å². The molecule has 2 rings (SSSR count). The van der Waals surface area contributed by atoms with E-state index in [0.717, 1.165) is 4.90 Å². The number of halogens is 5. The Morgan fingerprint density at radius 2 is 1.73 bits per heavy atom. The molecule has 1 aliphatic carbocycles. The molecule has 1 fully saturated rings. The van der Waals surface area contributed by atoms with Crippen LogP contribution in [-0.4, -0.2) is 65.2 Å². The lowest BCUT2D eigenvalue weighted by Crippen LogP contribution is -2.45. The minimum absolute atomic E-state index is 0.0509. The molecule has 8 nitrogen and oxygen atoms in total. The minimum atomic E-state index is -5.00. The second-order valence-electron chi connectivity index (χ2n) is 11.7. The minimum Gasteiger partial charge on any atom is -0.466 e. The highest BCUT2D eigenvalue weighted by Gasteiger charge is 2.43. The molecule has 228 valence electrons. The Kier molecular flexibility index (Phi) is 11.8. The van der Waals surface area contributed by atoms with Crippen molar-refractivity contribution < 1.29 is 32.3 Å². The fraction of sp³-hybridized carbons (Fsp3) is 0.607. The van der Waals surface area contributed by atoms with Crippen molar-refractivity contribution in [2.45, 2.75) is 78.9 Å². The van der Waals surface area contributed by atoms with Gasteiger partial charge in [0.25, 0.3) is 5.91 Å². The van der Waals surface area contributed by atoms with Crippen molar-refractivity contribution in [2.75, 3.05) is 19.7 Å². The fourth-order valence-electron chi connectivity index (χ4n) is 4.77. The number of aliphatic imine (C=N–C) groups is 1. The summed E-state index contributed by atoms with van der Waals surface area (Å²) in [7, 11) is 0. The Balaban J connectivity index is 2.37. The van der Waals surface area contributed by atoms with Crippen LogP contribution in [0.15, 0.2) is 29.2 Å². The Labute approximate surface area is 248 Å². The van der Waals surface area contributed by atoms with Crippen LogP contribution in [0.1, 0.15) is 77.1 Å². The second-order valence-corrected chi connectivity index (χ2v) is 12.5. The number of ketones is 1. The lowest BCUT2D eigenvalue weighted by atomic mass is 9.72. The molecule has 0 radical (unpaired) electrons. The van der Waals surface area contributed by atoms with Gasteiger partial charge in [0.05, 0.1) is 46.8 Å². The number of rotatable bonds is 10. The number of ether oxygens (including phenoxy) is 1. The number of carbonyl (C=O) groups excluding carboxylic acids is 3. The number of nitrogens with zero attached hydrogens (tertiary/aromatic N) is 3. The van der Waals surface area contributed by atoms with E-state index < -0.39 is 52.6 Å². The van der Waals surface area contributed by atoms with Crippen LogP contribution in [-0.2, 0) is 14.3 Å². The van der Waals surface area contributed by atoms with Gasteiger partial charge in [0.2, 0.25) is 0 Å². The summed E-state index contributed by atoms with van der Waals surface area (Å²) in [5, 5.41) is -0.102. The molecule has 2 N–H and O–H groups in total. The average molecular weight is 622 g/mol. The Bertz CT molecular complexity index is 1170.